The van der Waals surface area contributed by atoms with Gasteiger partial charge in [0.15, 0.2) is 0 Å². The normalized spacial score (nSPS) is 19.4. The minimum atomic E-state index is -0.397. The summed E-state index contributed by atoms with van der Waals surface area (Å²) in [7, 11) is 0. The molecule has 2 aromatic heterocycles. The van der Waals surface area contributed by atoms with E-state index in [4.69, 9.17) is 0 Å². The molecule has 1 unspecified atom stereocenters. The highest BCUT2D eigenvalue weighted by Gasteiger charge is 2.31. The first-order chi connectivity index (χ1) is 14.5. The minimum absolute atomic E-state index is 0.00774. The largest absolute Gasteiger partial charge is 0.355 e. The van der Waals surface area contributed by atoms with Crippen LogP contribution in [0, 0.1) is 6.92 Å². The van der Waals surface area contributed by atoms with Gasteiger partial charge < -0.3 is 15.1 Å². The van der Waals surface area contributed by atoms with Crippen LogP contribution >= 0.6 is 0 Å². The number of hydrogen-bond donors (Lipinski definition) is 1. The van der Waals surface area contributed by atoms with E-state index in [0.29, 0.717) is 49.4 Å². The molecule has 0 aromatic carbocycles. The quantitative estimate of drug-likeness (QED) is 0.769. The average Bonchev–Trinajstić information content (AvgIpc) is 3.05. The van der Waals surface area contributed by atoms with Gasteiger partial charge in [-0.05, 0) is 44.0 Å². The lowest BCUT2D eigenvalue weighted by Gasteiger charge is -2.25. The number of anilines is 1. The van der Waals surface area contributed by atoms with Gasteiger partial charge in [-0.1, -0.05) is 6.07 Å². The fraction of sp³-hybridized carbons (Fsp3) is 0.409. The molecule has 8 heteroatoms. The summed E-state index contributed by atoms with van der Waals surface area (Å²) in [6.07, 6.45) is 3.44. The first kappa shape index (κ1) is 20.0. The van der Waals surface area contributed by atoms with Crippen molar-refractivity contribution < 1.29 is 14.4 Å². The SMILES string of the molecule is Cc1ncccc1C(=O)c1cccc(N2CCCN(C(=O)C3CCC(=O)N3)CC2)n1. The number of amides is 2. The molecule has 2 amide bonds. The zero-order valence-corrected chi connectivity index (χ0v) is 17.0. The van der Waals surface area contributed by atoms with Crippen molar-refractivity contribution in [2.24, 2.45) is 0 Å². The first-order valence-electron chi connectivity index (χ1n) is 10.3. The lowest BCUT2D eigenvalue weighted by Crippen LogP contribution is -2.45. The number of nitrogens with one attached hydrogen (secondary N) is 1. The van der Waals surface area contributed by atoms with E-state index in [1.165, 1.54) is 0 Å². The Morgan fingerprint density at radius 1 is 1.10 bits per heavy atom. The Morgan fingerprint density at radius 2 is 1.97 bits per heavy atom. The number of nitrogens with zero attached hydrogens (tertiary/aromatic N) is 4. The van der Waals surface area contributed by atoms with Gasteiger partial charge in [0.2, 0.25) is 17.6 Å². The van der Waals surface area contributed by atoms with Crippen LogP contribution in [0.25, 0.3) is 0 Å². The topological polar surface area (TPSA) is 95.5 Å². The molecular formula is C22H25N5O3. The molecule has 0 aliphatic carbocycles. The van der Waals surface area contributed by atoms with Crippen molar-refractivity contribution in [2.75, 3.05) is 31.1 Å². The van der Waals surface area contributed by atoms with Crippen LogP contribution in [0.3, 0.4) is 0 Å². The van der Waals surface area contributed by atoms with Crippen LogP contribution in [-0.2, 0) is 9.59 Å². The number of pyridine rings is 2. The smallest absolute Gasteiger partial charge is 0.245 e. The van der Waals surface area contributed by atoms with Gasteiger partial charge in [0.1, 0.15) is 17.6 Å². The molecule has 1 N–H and O–H groups in total. The lowest BCUT2D eigenvalue weighted by atomic mass is 10.1. The van der Waals surface area contributed by atoms with Crippen LogP contribution in [0.15, 0.2) is 36.5 Å². The number of carbonyl (C=O) groups is 3. The van der Waals surface area contributed by atoms with Crippen molar-refractivity contribution in [3.63, 3.8) is 0 Å². The second-order valence-electron chi connectivity index (χ2n) is 7.67. The summed E-state index contributed by atoms with van der Waals surface area (Å²) in [6, 6.07) is 8.55. The Hall–Kier alpha value is -3.29. The van der Waals surface area contributed by atoms with Gasteiger partial charge in [-0.3, -0.25) is 19.4 Å². The van der Waals surface area contributed by atoms with Crippen molar-refractivity contribution in [1.29, 1.82) is 0 Å². The molecule has 2 aromatic rings. The second-order valence-corrected chi connectivity index (χ2v) is 7.67. The summed E-state index contributed by atoms with van der Waals surface area (Å²) in [5.41, 5.74) is 1.61. The van der Waals surface area contributed by atoms with E-state index in [2.05, 4.69) is 20.2 Å². The highest BCUT2D eigenvalue weighted by Crippen LogP contribution is 2.18. The second kappa shape index (κ2) is 8.61. The van der Waals surface area contributed by atoms with Crippen LogP contribution in [0.4, 0.5) is 5.82 Å². The number of ketones is 1. The zero-order chi connectivity index (χ0) is 21.1. The van der Waals surface area contributed by atoms with Crippen LogP contribution in [0.5, 0.6) is 0 Å². The Morgan fingerprint density at radius 3 is 2.73 bits per heavy atom. The summed E-state index contributed by atoms with van der Waals surface area (Å²) in [4.78, 5) is 49.7. The van der Waals surface area contributed by atoms with Crippen molar-refractivity contribution in [1.82, 2.24) is 20.2 Å². The predicted molar refractivity (Wildman–Crippen MR) is 111 cm³/mol. The van der Waals surface area contributed by atoms with Crippen LogP contribution < -0.4 is 10.2 Å². The molecule has 2 fully saturated rings. The van der Waals surface area contributed by atoms with E-state index in [1.54, 1.807) is 24.4 Å². The molecule has 156 valence electrons. The molecule has 0 radical (unpaired) electrons. The molecule has 0 bridgehead atoms. The molecule has 30 heavy (non-hydrogen) atoms. The summed E-state index contributed by atoms with van der Waals surface area (Å²) in [5, 5.41) is 2.76. The van der Waals surface area contributed by atoms with Crippen LogP contribution in [0.2, 0.25) is 0 Å². The molecular weight excluding hydrogens is 382 g/mol. The van der Waals surface area contributed by atoms with Gasteiger partial charge in [-0.25, -0.2) is 4.98 Å². The maximum atomic E-state index is 12.9. The van der Waals surface area contributed by atoms with E-state index in [-0.39, 0.29) is 17.6 Å². The lowest BCUT2D eigenvalue weighted by molar-refractivity contribution is -0.134. The van der Waals surface area contributed by atoms with Gasteiger partial charge in [0.05, 0.1) is 0 Å². The number of carbonyl (C=O) groups excluding carboxylic acids is 3. The monoisotopic (exact) mass is 407 g/mol. The number of aryl methyl sites for hydroxylation is 1. The predicted octanol–water partition coefficient (Wildman–Crippen LogP) is 1.33. The summed E-state index contributed by atoms with van der Waals surface area (Å²) < 4.78 is 0. The first-order valence-corrected chi connectivity index (χ1v) is 10.3. The van der Waals surface area contributed by atoms with Crippen molar-refractivity contribution in [3.8, 4) is 0 Å². The van der Waals surface area contributed by atoms with Crippen molar-refractivity contribution in [2.45, 2.75) is 32.2 Å². The van der Waals surface area contributed by atoms with Gasteiger partial charge in [-0.15, -0.1) is 0 Å². The molecule has 2 aliphatic rings. The van der Waals surface area contributed by atoms with Crippen LogP contribution in [-0.4, -0.2) is 64.7 Å². The van der Waals surface area contributed by atoms with Gasteiger partial charge in [-0.2, -0.15) is 0 Å². The number of rotatable bonds is 4. The molecule has 0 saturated carbocycles. The van der Waals surface area contributed by atoms with E-state index >= 15 is 0 Å². The van der Waals surface area contributed by atoms with Crippen LogP contribution in [0.1, 0.15) is 41.0 Å². The maximum Gasteiger partial charge on any atom is 0.245 e. The molecule has 0 spiro atoms. The van der Waals surface area contributed by atoms with E-state index in [1.807, 2.05) is 24.0 Å². The molecule has 2 aliphatic heterocycles. The average molecular weight is 407 g/mol. The Bertz CT molecular complexity index is 977. The summed E-state index contributed by atoms with van der Waals surface area (Å²) in [5.74, 6) is 0.517. The third-order valence-electron chi connectivity index (χ3n) is 5.64. The van der Waals surface area contributed by atoms with E-state index in [0.717, 1.165) is 18.8 Å². The maximum absolute atomic E-state index is 12.9. The van der Waals surface area contributed by atoms with Gasteiger partial charge in [0.25, 0.3) is 0 Å². The molecule has 4 heterocycles. The number of aromatic nitrogens is 2. The highest BCUT2D eigenvalue weighted by atomic mass is 16.2. The Labute approximate surface area is 175 Å². The zero-order valence-electron chi connectivity index (χ0n) is 17.0. The minimum Gasteiger partial charge on any atom is -0.355 e. The molecule has 2 saturated heterocycles. The summed E-state index contributed by atoms with van der Waals surface area (Å²) in [6.45, 7) is 4.40. The fourth-order valence-corrected chi connectivity index (χ4v) is 3.97. The van der Waals surface area contributed by atoms with Gasteiger partial charge in [0, 0.05) is 50.1 Å². The Kier molecular flexibility index (Phi) is 5.74. The molecule has 8 nitrogen and oxygen atoms in total. The Balaban J connectivity index is 1.45. The molecule has 1 atom stereocenters. The highest BCUT2D eigenvalue weighted by molar-refractivity contribution is 6.08. The van der Waals surface area contributed by atoms with Crippen molar-refractivity contribution in [3.05, 3.63) is 53.5 Å². The molecule has 4 rings (SSSR count). The summed E-state index contributed by atoms with van der Waals surface area (Å²) >= 11 is 0. The number of hydrogen-bond acceptors (Lipinski definition) is 6. The standard InChI is InChI=1S/C22H25N5O3/c1-15-16(5-3-10-23-15)21(29)17-6-2-7-19(24-17)26-11-4-12-27(14-13-26)22(30)18-8-9-20(28)25-18/h2-3,5-7,10,18H,4,8-9,11-14H2,1H3,(H,25,28). The van der Waals surface area contributed by atoms with E-state index in [9.17, 15) is 14.4 Å². The third-order valence-corrected chi connectivity index (χ3v) is 5.64. The van der Waals surface area contributed by atoms with Gasteiger partial charge >= 0.3 is 0 Å². The van der Waals surface area contributed by atoms with Crippen molar-refractivity contribution >= 4 is 23.4 Å². The third kappa shape index (κ3) is 4.17. The van der Waals surface area contributed by atoms with E-state index < -0.39 is 6.04 Å². The fourth-order valence-electron chi connectivity index (χ4n) is 3.97.